The fourth-order valence-electron chi connectivity index (χ4n) is 1.91. The Hall–Kier alpha value is -0.865. The molecule has 2 nitrogen and oxygen atoms in total. The Labute approximate surface area is 89.5 Å². The SMILES string of the molecule is COB1OCc2c1ccc(C(C)C)c2F. The van der Waals surface area contributed by atoms with Gasteiger partial charge in [0.1, 0.15) is 5.82 Å². The summed E-state index contributed by atoms with van der Waals surface area (Å²) in [5.41, 5.74) is 2.21. The number of halogens is 1. The maximum absolute atomic E-state index is 14.0. The van der Waals surface area contributed by atoms with Crippen molar-refractivity contribution in [3.63, 3.8) is 0 Å². The topological polar surface area (TPSA) is 18.5 Å². The van der Waals surface area contributed by atoms with Gasteiger partial charge >= 0.3 is 7.12 Å². The third kappa shape index (κ3) is 1.68. The van der Waals surface area contributed by atoms with Gasteiger partial charge in [-0.15, -0.1) is 0 Å². The molecule has 0 unspecified atom stereocenters. The summed E-state index contributed by atoms with van der Waals surface area (Å²) >= 11 is 0. The first-order chi connectivity index (χ1) is 7.15. The Bertz CT molecular complexity index is 379. The molecule has 0 atom stereocenters. The van der Waals surface area contributed by atoms with E-state index in [1.54, 1.807) is 7.11 Å². The molecule has 1 aliphatic heterocycles. The van der Waals surface area contributed by atoms with E-state index in [1.807, 2.05) is 26.0 Å². The molecule has 0 amide bonds. The molecule has 1 heterocycles. The summed E-state index contributed by atoms with van der Waals surface area (Å²) < 4.78 is 24.4. The van der Waals surface area contributed by atoms with Crippen LogP contribution in [0, 0.1) is 5.82 Å². The summed E-state index contributed by atoms with van der Waals surface area (Å²) in [7, 11) is 1.16. The number of fused-ring (bicyclic) bond motifs is 1. The highest BCUT2D eigenvalue weighted by molar-refractivity contribution is 6.62. The minimum absolute atomic E-state index is 0.137. The summed E-state index contributed by atoms with van der Waals surface area (Å²) in [5.74, 6) is 0.0546. The smallest absolute Gasteiger partial charge is 0.410 e. The minimum Gasteiger partial charge on any atom is -0.410 e. The first-order valence-corrected chi connectivity index (χ1v) is 5.10. The molecule has 15 heavy (non-hydrogen) atoms. The van der Waals surface area contributed by atoms with Crippen molar-refractivity contribution in [1.29, 1.82) is 0 Å². The van der Waals surface area contributed by atoms with Gasteiger partial charge in [-0.1, -0.05) is 26.0 Å². The van der Waals surface area contributed by atoms with Gasteiger partial charge in [0, 0.05) is 12.7 Å². The molecule has 0 aliphatic carbocycles. The van der Waals surface area contributed by atoms with Gasteiger partial charge in [-0.2, -0.15) is 0 Å². The third-order valence-electron chi connectivity index (χ3n) is 2.78. The maximum Gasteiger partial charge on any atom is 0.494 e. The van der Waals surface area contributed by atoms with E-state index in [1.165, 1.54) is 0 Å². The fraction of sp³-hybridized carbons (Fsp3) is 0.455. The first-order valence-electron chi connectivity index (χ1n) is 5.10. The molecule has 2 rings (SSSR count). The van der Waals surface area contributed by atoms with Crippen molar-refractivity contribution in [2.45, 2.75) is 26.4 Å². The molecule has 1 aliphatic rings. The summed E-state index contributed by atoms with van der Waals surface area (Å²) in [6.07, 6.45) is 0. The van der Waals surface area contributed by atoms with Gasteiger partial charge in [0.25, 0.3) is 0 Å². The minimum atomic E-state index is -0.407. The lowest BCUT2D eigenvalue weighted by Gasteiger charge is -2.10. The standard InChI is InChI=1S/C11H14BFO2/c1-7(2)8-4-5-10-9(11(8)13)6-15-12(10)14-3/h4-5,7H,6H2,1-3H3. The lowest BCUT2D eigenvalue weighted by molar-refractivity contribution is 0.243. The van der Waals surface area contributed by atoms with Crippen LogP contribution in [0.15, 0.2) is 12.1 Å². The number of benzene rings is 1. The molecule has 80 valence electrons. The van der Waals surface area contributed by atoms with Crippen LogP contribution in [0.5, 0.6) is 0 Å². The van der Waals surface area contributed by atoms with Crippen molar-refractivity contribution in [1.82, 2.24) is 0 Å². The highest BCUT2D eigenvalue weighted by atomic mass is 19.1. The quantitative estimate of drug-likeness (QED) is 0.690. The number of hydrogen-bond donors (Lipinski definition) is 0. The number of hydrogen-bond acceptors (Lipinski definition) is 2. The van der Waals surface area contributed by atoms with Crippen LogP contribution in [0.3, 0.4) is 0 Å². The molecule has 1 aromatic rings. The molecule has 0 saturated heterocycles. The predicted molar refractivity (Wildman–Crippen MR) is 57.7 cm³/mol. The molecule has 4 heteroatoms. The molecule has 0 bridgehead atoms. The molecular weight excluding hydrogens is 194 g/mol. The van der Waals surface area contributed by atoms with Gasteiger partial charge in [-0.25, -0.2) is 4.39 Å². The second-order valence-electron chi connectivity index (χ2n) is 4.07. The third-order valence-corrected chi connectivity index (χ3v) is 2.78. The summed E-state index contributed by atoms with van der Waals surface area (Å²) in [6, 6.07) is 3.72. The molecule has 0 radical (unpaired) electrons. The molecule has 0 saturated carbocycles. The monoisotopic (exact) mass is 208 g/mol. The van der Waals surface area contributed by atoms with E-state index < -0.39 is 7.12 Å². The van der Waals surface area contributed by atoms with E-state index in [9.17, 15) is 4.39 Å². The van der Waals surface area contributed by atoms with Crippen molar-refractivity contribution in [2.24, 2.45) is 0 Å². The van der Waals surface area contributed by atoms with Crippen LogP contribution < -0.4 is 5.46 Å². The van der Waals surface area contributed by atoms with Crippen LogP contribution in [-0.2, 0) is 15.9 Å². The van der Waals surface area contributed by atoms with Gasteiger partial charge in [0.15, 0.2) is 0 Å². The summed E-state index contributed by atoms with van der Waals surface area (Å²) in [5, 5.41) is 0. The molecule has 1 aromatic carbocycles. The van der Waals surface area contributed by atoms with Gasteiger partial charge < -0.3 is 9.31 Å². The zero-order valence-electron chi connectivity index (χ0n) is 9.21. The Morgan fingerprint density at radius 3 is 2.80 bits per heavy atom. The Morgan fingerprint density at radius 1 is 1.47 bits per heavy atom. The van der Waals surface area contributed by atoms with Crippen molar-refractivity contribution < 1.29 is 13.7 Å². The van der Waals surface area contributed by atoms with E-state index in [4.69, 9.17) is 9.31 Å². The second-order valence-corrected chi connectivity index (χ2v) is 4.07. The van der Waals surface area contributed by atoms with E-state index in [2.05, 4.69) is 0 Å². The maximum atomic E-state index is 14.0. The normalized spacial score (nSPS) is 14.9. The van der Waals surface area contributed by atoms with Crippen LogP contribution >= 0.6 is 0 Å². The summed E-state index contributed by atoms with van der Waals surface area (Å²) in [4.78, 5) is 0. The first kappa shape index (κ1) is 10.6. The van der Waals surface area contributed by atoms with Crippen molar-refractivity contribution in [3.8, 4) is 0 Å². The van der Waals surface area contributed by atoms with Gasteiger partial charge in [-0.05, 0) is 16.9 Å². The van der Waals surface area contributed by atoms with Gasteiger partial charge in [-0.3, -0.25) is 0 Å². The Balaban J connectivity index is 2.47. The van der Waals surface area contributed by atoms with Crippen LogP contribution in [0.25, 0.3) is 0 Å². The Kier molecular flexibility index (Phi) is 2.80. The lowest BCUT2D eigenvalue weighted by atomic mass is 9.77. The van der Waals surface area contributed by atoms with E-state index >= 15 is 0 Å². The average molecular weight is 208 g/mol. The van der Waals surface area contributed by atoms with Crippen LogP contribution in [-0.4, -0.2) is 14.2 Å². The second kappa shape index (κ2) is 3.95. The van der Waals surface area contributed by atoms with Crippen molar-refractivity contribution in [3.05, 3.63) is 29.1 Å². The highest BCUT2D eigenvalue weighted by Gasteiger charge is 2.32. The van der Waals surface area contributed by atoms with Crippen LogP contribution in [0.4, 0.5) is 4.39 Å². The zero-order valence-corrected chi connectivity index (χ0v) is 9.21. The van der Waals surface area contributed by atoms with Gasteiger partial charge in [0.2, 0.25) is 0 Å². The predicted octanol–water partition coefficient (Wildman–Crippen LogP) is 1.82. The average Bonchev–Trinajstić information content (AvgIpc) is 2.61. The fourth-order valence-corrected chi connectivity index (χ4v) is 1.91. The van der Waals surface area contributed by atoms with Crippen molar-refractivity contribution >= 4 is 12.6 Å². The highest BCUT2D eigenvalue weighted by Crippen LogP contribution is 2.23. The van der Waals surface area contributed by atoms with Crippen molar-refractivity contribution in [2.75, 3.05) is 7.11 Å². The molecule has 0 fully saturated rings. The lowest BCUT2D eigenvalue weighted by Crippen LogP contribution is -2.31. The van der Waals surface area contributed by atoms with E-state index in [0.29, 0.717) is 12.2 Å². The summed E-state index contributed by atoms with van der Waals surface area (Å²) in [6.45, 7) is 4.27. The molecule has 0 N–H and O–H groups in total. The van der Waals surface area contributed by atoms with Crippen LogP contribution in [0.1, 0.15) is 30.9 Å². The van der Waals surface area contributed by atoms with Crippen LogP contribution in [0.2, 0.25) is 0 Å². The zero-order chi connectivity index (χ0) is 11.0. The largest absolute Gasteiger partial charge is 0.494 e. The molecule has 0 spiro atoms. The molecular formula is C11H14BFO2. The van der Waals surface area contributed by atoms with Gasteiger partial charge in [0.05, 0.1) is 6.61 Å². The Morgan fingerprint density at radius 2 is 2.20 bits per heavy atom. The molecule has 0 aromatic heterocycles. The van der Waals surface area contributed by atoms with E-state index in [0.717, 1.165) is 11.0 Å². The van der Waals surface area contributed by atoms with E-state index in [-0.39, 0.29) is 11.7 Å². The number of rotatable bonds is 2.